The van der Waals surface area contributed by atoms with E-state index in [2.05, 4.69) is 11.3 Å². The van der Waals surface area contributed by atoms with Crippen molar-refractivity contribution in [3.8, 4) is 0 Å². The second kappa shape index (κ2) is 9.73. The van der Waals surface area contributed by atoms with Crippen LogP contribution in [0.3, 0.4) is 0 Å². The van der Waals surface area contributed by atoms with Crippen molar-refractivity contribution in [1.82, 2.24) is 9.62 Å². The van der Waals surface area contributed by atoms with Crippen molar-refractivity contribution in [3.05, 3.63) is 64.6 Å². The lowest BCUT2D eigenvalue weighted by atomic mass is 10.0. The van der Waals surface area contributed by atoms with E-state index in [0.717, 1.165) is 16.9 Å². The Hall–Kier alpha value is -2.53. The predicted octanol–water partition coefficient (Wildman–Crippen LogP) is 2.27. The summed E-state index contributed by atoms with van der Waals surface area (Å²) in [6.45, 7) is 4.05. The minimum atomic E-state index is -3.94. The van der Waals surface area contributed by atoms with Crippen LogP contribution in [0.2, 0.25) is 0 Å². The van der Waals surface area contributed by atoms with Crippen molar-refractivity contribution in [2.45, 2.75) is 23.3 Å². The van der Waals surface area contributed by atoms with Gasteiger partial charge >= 0.3 is 5.97 Å². The molecule has 1 amide bonds. The number of ether oxygens (including phenoxy) is 2. The zero-order chi connectivity index (χ0) is 22.6. The number of hydrogen-bond acceptors (Lipinski definition) is 7. The number of methoxy groups -OCH3 is 2. The largest absolute Gasteiger partial charge is 0.465 e. The number of amides is 1. The normalized spacial score (nSPS) is 14.6. The summed E-state index contributed by atoms with van der Waals surface area (Å²) in [6.07, 6.45) is 0.988. The van der Waals surface area contributed by atoms with E-state index in [4.69, 9.17) is 9.47 Å². The summed E-state index contributed by atoms with van der Waals surface area (Å²) in [5.41, 5.74) is 1.38. The molecule has 1 aliphatic rings. The molecule has 2 heterocycles. The Bertz CT molecular complexity index is 1080. The lowest BCUT2D eigenvalue weighted by molar-refractivity contribution is -0.143. The molecule has 0 saturated carbocycles. The first-order valence-corrected chi connectivity index (χ1v) is 11.8. The van der Waals surface area contributed by atoms with Gasteiger partial charge in [-0.15, -0.1) is 17.9 Å². The number of benzene rings is 1. The molecule has 1 N–H and O–H groups in total. The Labute approximate surface area is 185 Å². The fraction of sp³-hybridized carbons (Fsp3) is 0.333. The van der Waals surface area contributed by atoms with Crippen molar-refractivity contribution in [2.75, 3.05) is 27.3 Å². The van der Waals surface area contributed by atoms with Gasteiger partial charge in [-0.3, -0.25) is 4.79 Å². The highest BCUT2D eigenvalue weighted by atomic mass is 32.2. The Morgan fingerprint density at radius 2 is 2.00 bits per heavy atom. The molecule has 1 aromatic heterocycles. The van der Waals surface area contributed by atoms with Crippen LogP contribution in [0.15, 0.2) is 47.2 Å². The van der Waals surface area contributed by atoms with E-state index in [9.17, 15) is 18.0 Å². The highest BCUT2D eigenvalue weighted by Crippen LogP contribution is 2.37. The van der Waals surface area contributed by atoms with Crippen molar-refractivity contribution in [2.24, 2.45) is 0 Å². The smallest absolute Gasteiger partial charge is 0.340 e. The summed E-state index contributed by atoms with van der Waals surface area (Å²) in [4.78, 5) is 27.8. The van der Waals surface area contributed by atoms with Gasteiger partial charge in [-0.25, -0.2) is 17.9 Å². The second-order valence-corrected chi connectivity index (χ2v) is 9.90. The molecule has 8 nitrogen and oxygen atoms in total. The molecule has 1 aliphatic heterocycles. The van der Waals surface area contributed by atoms with Gasteiger partial charge in [0.1, 0.15) is 4.21 Å². The molecule has 2 aromatic rings. The van der Waals surface area contributed by atoms with E-state index >= 15 is 0 Å². The van der Waals surface area contributed by atoms with Crippen LogP contribution < -0.4 is 4.72 Å². The molecular weight excluding hydrogens is 440 g/mol. The summed E-state index contributed by atoms with van der Waals surface area (Å²) in [5.74, 6) is -0.933. The van der Waals surface area contributed by atoms with Gasteiger partial charge in [-0.2, -0.15) is 0 Å². The maximum absolute atomic E-state index is 13.1. The number of sulfonamides is 1. The van der Waals surface area contributed by atoms with Crippen LogP contribution in [0.5, 0.6) is 0 Å². The van der Waals surface area contributed by atoms with Crippen LogP contribution in [0.4, 0.5) is 0 Å². The minimum Gasteiger partial charge on any atom is -0.465 e. The maximum atomic E-state index is 13.1. The third-order valence-corrected chi connectivity index (χ3v) is 8.11. The molecule has 0 fully saturated rings. The average Bonchev–Trinajstić information content (AvgIpc) is 3.18. The Morgan fingerprint density at radius 3 is 2.61 bits per heavy atom. The number of carbonyl (C=O) groups excluding carboxylic acids is 2. The zero-order valence-electron chi connectivity index (χ0n) is 17.3. The third-order valence-electron chi connectivity index (χ3n) is 4.95. The molecule has 0 bridgehead atoms. The topological polar surface area (TPSA) is 102 Å². The molecule has 0 aliphatic carbocycles. The van der Waals surface area contributed by atoms with Crippen molar-refractivity contribution < 1.29 is 27.5 Å². The number of hydrogen-bond donors (Lipinski definition) is 1. The summed E-state index contributed by atoms with van der Waals surface area (Å²) in [6, 6.07) is 9.16. The molecule has 0 radical (unpaired) electrons. The highest BCUT2D eigenvalue weighted by molar-refractivity contribution is 7.91. The lowest BCUT2D eigenvalue weighted by Gasteiger charge is -2.30. The van der Waals surface area contributed by atoms with Gasteiger partial charge in [0.2, 0.25) is 0 Å². The van der Waals surface area contributed by atoms with Gasteiger partial charge in [0.15, 0.2) is 6.10 Å². The number of esters is 1. The first-order chi connectivity index (χ1) is 14.8. The number of nitrogens with one attached hydrogen (secondary N) is 1. The lowest BCUT2D eigenvalue weighted by Crippen LogP contribution is -2.39. The highest BCUT2D eigenvalue weighted by Gasteiger charge is 2.36. The number of thiophene rings is 1. The van der Waals surface area contributed by atoms with Gasteiger partial charge in [-0.05, 0) is 17.5 Å². The Morgan fingerprint density at radius 1 is 1.29 bits per heavy atom. The Balaban J connectivity index is 1.94. The van der Waals surface area contributed by atoms with E-state index < -0.39 is 22.1 Å². The molecule has 0 spiro atoms. The molecule has 10 heteroatoms. The second-order valence-electron chi connectivity index (χ2n) is 6.83. The monoisotopic (exact) mass is 464 g/mol. The van der Waals surface area contributed by atoms with Crippen molar-refractivity contribution in [3.63, 3.8) is 0 Å². The molecule has 3 rings (SSSR count). The van der Waals surface area contributed by atoms with Crippen LogP contribution in [-0.4, -0.2) is 52.5 Å². The van der Waals surface area contributed by atoms with E-state index in [1.54, 1.807) is 4.90 Å². The molecule has 1 unspecified atom stereocenters. The summed E-state index contributed by atoms with van der Waals surface area (Å²) < 4.78 is 38.1. The van der Waals surface area contributed by atoms with E-state index in [0.29, 0.717) is 23.4 Å². The van der Waals surface area contributed by atoms with Crippen molar-refractivity contribution in [1.29, 1.82) is 0 Å². The SMILES string of the molecule is C=CCNS(=O)(=O)c1sc2c(c1C(=O)OC)CCN(C(=O)C(OC)c1ccccc1)C2. The molecule has 1 aromatic carbocycles. The van der Waals surface area contributed by atoms with Crippen molar-refractivity contribution >= 4 is 33.2 Å². The molecule has 31 heavy (non-hydrogen) atoms. The molecule has 0 saturated heterocycles. The first kappa shape index (κ1) is 23.1. The van der Waals surface area contributed by atoms with E-state index in [1.807, 2.05) is 30.3 Å². The maximum Gasteiger partial charge on any atom is 0.340 e. The van der Waals surface area contributed by atoms with Crippen LogP contribution >= 0.6 is 11.3 Å². The fourth-order valence-corrected chi connectivity index (χ4v) is 6.41. The summed E-state index contributed by atoms with van der Waals surface area (Å²) in [7, 11) is -1.25. The average molecular weight is 465 g/mol. The van der Waals surface area contributed by atoms with Gasteiger partial charge in [0.25, 0.3) is 15.9 Å². The molecular formula is C21H24N2O6S2. The Kier molecular flexibility index (Phi) is 7.26. The minimum absolute atomic E-state index is 0.0305. The van der Waals surface area contributed by atoms with Gasteiger partial charge in [-0.1, -0.05) is 36.4 Å². The van der Waals surface area contributed by atoms with Crippen LogP contribution in [-0.2, 0) is 37.3 Å². The third kappa shape index (κ3) is 4.72. The van der Waals surface area contributed by atoms with Crippen LogP contribution in [0.25, 0.3) is 0 Å². The summed E-state index contributed by atoms with van der Waals surface area (Å²) >= 11 is 0.979. The predicted molar refractivity (Wildman–Crippen MR) is 116 cm³/mol. The van der Waals surface area contributed by atoms with Crippen LogP contribution in [0, 0.1) is 0 Å². The number of nitrogens with zero attached hydrogens (tertiary/aromatic N) is 1. The zero-order valence-corrected chi connectivity index (χ0v) is 18.9. The fourth-order valence-electron chi connectivity index (χ4n) is 3.47. The summed E-state index contributed by atoms with van der Waals surface area (Å²) in [5, 5.41) is 0. The molecule has 1 atom stereocenters. The quantitative estimate of drug-likeness (QED) is 0.475. The molecule has 166 valence electrons. The number of rotatable bonds is 8. The van der Waals surface area contributed by atoms with Gasteiger partial charge < -0.3 is 14.4 Å². The number of fused-ring (bicyclic) bond motifs is 1. The van der Waals surface area contributed by atoms with E-state index in [1.165, 1.54) is 20.3 Å². The van der Waals surface area contributed by atoms with Gasteiger partial charge in [0.05, 0.1) is 19.2 Å². The standard InChI is InChI=1S/C21H24N2O6S2/c1-4-11-22-31(26,27)21-17(20(25)29-3)15-10-12-23(13-16(15)30-21)19(24)18(28-2)14-8-6-5-7-9-14/h4-9,18,22H,1,10-13H2,2-3H3. The van der Waals surface area contributed by atoms with Gasteiger partial charge in [0, 0.05) is 25.1 Å². The van der Waals surface area contributed by atoms with Crippen LogP contribution in [0.1, 0.15) is 32.5 Å². The van der Waals surface area contributed by atoms with E-state index in [-0.39, 0.29) is 28.8 Å². The first-order valence-electron chi connectivity index (χ1n) is 9.54. The number of carbonyl (C=O) groups is 2.